The topological polar surface area (TPSA) is 80.8 Å². The number of hydrogen-bond acceptors (Lipinski definition) is 5. The summed E-state index contributed by atoms with van der Waals surface area (Å²) in [7, 11) is -8.96. The number of hydrogen-bond donors (Lipinski definition) is 0. The van der Waals surface area contributed by atoms with Gasteiger partial charge in [0.2, 0.25) is 0 Å². The van der Waals surface area contributed by atoms with E-state index in [1.165, 1.54) is 31.2 Å². The van der Waals surface area contributed by atoms with Gasteiger partial charge >= 0.3 is 10.3 Å². The summed E-state index contributed by atoms with van der Waals surface area (Å²) in [5.74, 6) is 0. The third-order valence-corrected chi connectivity index (χ3v) is 7.31. The molecule has 0 amide bonds. The Morgan fingerprint density at radius 3 is 2.43 bits per heavy atom. The molecule has 6 nitrogen and oxygen atoms in total. The molecular weight excluding hydrogens is 321 g/mol. The highest BCUT2D eigenvalue weighted by Crippen LogP contribution is 2.28. The first-order valence-corrected chi connectivity index (χ1v) is 9.11. The van der Waals surface area contributed by atoms with Crippen molar-refractivity contribution < 1.29 is 25.4 Å². The molecule has 1 aliphatic heterocycles. The first kappa shape index (κ1) is 16.3. The van der Waals surface area contributed by atoms with Crippen molar-refractivity contribution in [2.45, 2.75) is 37.4 Å². The lowest BCUT2D eigenvalue weighted by Crippen LogP contribution is -2.45. The van der Waals surface area contributed by atoms with Crippen molar-refractivity contribution in [3.63, 3.8) is 0 Å². The van der Waals surface area contributed by atoms with E-state index < -0.39 is 32.5 Å². The van der Waals surface area contributed by atoms with Crippen LogP contribution in [0.3, 0.4) is 0 Å². The zero-order valence-corrected chi connectivity index (χ0v) is 13.2. The Morgan fingerprint density at radius 2 is 1.86 bits per heavy atom. The van der Waals surface area contributed by atoms with Gasteiger partial charge < -0.3 is 0 Å². The number of aryl methyl sites for hydroxylation is 1. The van der Waals surface area contributed by atoms with Crippen LogP contribution in [0.1, 0.15) is 18.9 Å². The predicted molar refractivity (Wildman–Crippen MR) is 74.1 cm³/mol. The molecule has 2 rings (SSSR count). The number of rotatable bonds is 2. The van der Waals surface area contributed by atoms with Gasteiger partial charge in [-0.3, -0.25) is 4.18 Å². The summed E-state index contributed by atoms with van der Waals surface area (Å²) in [4.78, 5) is -0.221. The normalized spacial score (nSPS) is 27.2. The van der Waals surface area contributed by atoms with Gasteiger partial charge in [-0.15, -0.1) is 0 Å². The maximum absolute atomic E-state index is 13.9. The van der Waals surface area contributed by atoms with Crippen molar-refractivity contribution in [2.24, 2.45) is 0 Å². The van der Waals surface area contributed by atoms with Crippen LogP contribution >= 0.6 is 0 Å². The van der Waals surface area contributed by atoms with E-state index in [1.54, 1.807) is 6.92 Å². The molecule has 1 aliphatic rings. The van der Waals surface area contributed by atoms with E-state index in [1.807, 2.05) is 0 Å². The quantitative estimate of drug-likeness (QED) is 0.814. The summed E-state index contributed by atoms with van der Waals surface area (Å²) in [6.45, 7) is 2.60. The molecule has 0 bridgehead atoms. The summed E-state index contributed by atoms with van der Waals surface area (Å²) in [5, 5.41) is 0. The molecule has 0 spiro atoms. The van der Waals surface area contributed by atoms with Crippen LogP contribution in [0, 0.1) is 6.92 Å². The minimum absolute atomic E-state index is 0.127. The molecular formula is C12H16FNO5S2. The summed E-state index contributed by atoms with van der Waals surface area (Å²) in [6, 6.07) is 4.28. The van der Waals surface area contributed by atoms with Crippen molar-refractivity contribution in [3.8, 4) is 0 Å². The Hall–Kier alpha value is -1.03. The summed E-state index contributed by atoms with van der Waals surface area (Å²) < 4.78 is 67.6. The molecule has 118 valence electrons. The van der Waals surface area contributed by atoms with Crippen molar-refractivity contribution in [1.82, 2.24) is 3.71 Å². The lowest BCUT2D eigenvalue weighted by molar-refractivity contribution is 0.223. The number of alkyl halides is 1. The van der Waals surface area contributed by atoms with E-state index in [4.69, 9.17) is 0 Å². The van der Waals surface area contributed by atoms with E-state index in [9.17, 15) is 21.2 Å². The van der Waals surface area contributed by atoms with E-state index in [2.05, 4.69) is 4.18 Å². The van der Waals surface area contributed by atoms with Gasteiger partial charge in [0.05, 0.1) is 17.5 Å². The smallest absolute Gasteiger partial charge is 0.257 e. The third-order valence-electron chi connectivity index (χ3n) is 3.26. The Bertz CT molecular complexity index is 715. The van der Waals surface area contributed by atoms with Crippen LogP contribution in [-0.2, 0) is 24.5 Å². The minimum Gasteiger partial charge on any atom is -0.257 e. The molecule has 2 atom stereocenters. The van der Waals surface area contributed by atoms with E-state index in [0.717, 1.165) is 5.56 Å². The standard InChI is InChI=1S/C12H16FNO5S2/c1-9-3-5-11(6-4-9)20(15,16)14-10(2)12(13)7-8-19-21(14,17)18/h3-6,10,12H,7-8H2,1-2H3/t10-,12+/m0/s1. The third kappa shape index (κ3) is 3.10. The summed E-state index contributed by atoms with van der Waals surface area (Å²) >= 11 is 0. The number of nitrogens with zero attached hydrogens (tertiary/aromatic N) is 1. The van der Waals surface area contributed by atoms with Crippen LogP contribution in [-0.4, -0.2) is 39.4 Å². The minimum atomic E-state index is -4.55. The van der Waals surface area contributed by atoms with Gasteiger partial charge in [-0.2, -0.15) is 8.42 Å². The lowest BCUT2D eigenvalue weighted by Gasteiger charge is -2.25. The highest BCUT2D eigenvalue weighted by Gasteiger charge is 2.45. The largest absolute Gasteiger partial charge is 0.352 e. The molecule has 0 radical (unpaired) electrons. The summed E-state index contributed by atoms with van der Waals surface area (Å²) in [6.07, 6.45) is -1.80. The van der Waals surface area contributed by atoms with Crippen LogP contribution in [0.4, 0.5) is 4.39 Å². The predicted octanol–water partition coefficient (Wildman–Crippen LogP) is 1.38. The van der Waals surface area contributed by atoms with Crippen LogP contribution in [0.25, 0.3) is 0 Å². The first-order valence-electron chi connectivity index (χ1n) is 6.31. The molecule has 1 aromatic rings. The van der Waals surface area contributed by atoms with E-state index >= 15 is 0 Å². The van der Waals surface area contributed by atoms with Gasteiger partial charge in [-0.1, -0.05) is 21.4 Å². The maximum atomic E-state index is 13.9. The van der Waals surface area contributed by atoms with Gasteiger partial charge in [0.15, 0.2) is 0 Å². The molecule has 1 heterocycles. The SMILES string of the molecule is Cc1ccc(S(=O)(=O)N2[C@@H](C)[C@H](F)CCOS2(=O)=O)cc1. The zero-order chi connectivity index (χ0) is 15.8. The van der Waals surface area contributed by atoms with Gasteiger partial charge in [0, 0.05) is 6.42 Å². The molecule has 1 aromatic carbocycles. The second kappa shape index (κ2) is 5.64. The van der Waals surface area contributed by atoms with Crippen LogP contribution < -0.4 is 0 Å². The van der Waals surface area contributed by atoms with Gasteiger partial charge in [0.1, 0.15) is 6.17 Å². The number of sulfonamides is 1. The molecule has 1 saturated heterocycles. The molecule has 9 heteroatoms. The average molecular weight is 337 g/mol. The van der Waals surface area contributed by atoms with E-state index in [0.29, 0.717) is 0 Å². The second-order valence-electron chi connectivity index (χ2n) is 4.87. The number of benzene rings is 1. The molecule has 0 N–H and O–H groups in total. The zero-order valence-electron chi connectivity index (χ0n) is 11.6. The summed E-state index contributed by atoms with van der Waals surface area (Å²) in [5.41, 5.74) is 0.820. The van der Waals surface area contributed by atoms with Crippen LogP contribution in [0.5, 0.6) is 0 Å². The van der Waals surface area contributed by atoms with Crippen molar-refractivity contribution >= 4 is 20.3 Å². The Labute approximate surface area is 123 Å². The highest BCUT2D eigenvalue weighted by molar-refractivity contribution is 8.02. The Balaban J connectivity index is 2.56. The van der Waals surface area contributed by atoms with Crippen molar-refractivity contribution in [3.05, 3.63) is 29.8 Å². The van der Waals surface area contributed by atoms with Gasteiger partial charge in [-0.25, -0.2) is 12.8 Å². The average Bonchev–Trinajstić information content (AvgIpc) is 2.47. The van der Waals surface area contributed by atoms with Gasteiger partial charge in [-0.05, 0) is 26.0 Å². The Morgan fingerprint density at radius 1 is 1.29 bits per heavy atom. The number of halogens is 1. The fraction of sp³-hybridized carbons (Fsp3) is 0.500. The lowest BCUT2D eigenvalue weighted by atomic mass is 10.2. The molecule has 0 aliphatic carbocycles. The fourth-order valence-corrected chi connectivity index (χ4v) is 5.60. The second-order valence-corrected chi connectivity index (χ2v) is 8.40. The highest BCUT2D eigenvalue weighted by atomic mass is 32.3. The monoisotopic (exact) mass is 337 g/mol. The maximum Gasteiger partial charge on any atom is 0.352 e. The van der Waals surface area contributed by atoms with E-state index in [-0.39, 0.29) is 21.6 Å². The van der Waals surface area contributed by atoms with Crippen LogP contribution in [0.2, 0.25) is 0 Å². The Kier molecular flexibility index (Phi) is 4.39. The molecule has 0 aromatic heterocycles. The fourth-order valence-electron chi connectivity index (χ4n) is 2.05. The van der Waals surface area contributed by atoms with Crippen molar-refractivity contribution in [2.75, 3.05) is 6.61 Å². The van der Waals surface area contributed by atoms with Gasteiger partial charge in [0.25, 0.3) is 10.0 Å². The first-order chi connectivity index (χ1) is 9.66. The molecule has 1 fully saturated rings. The van der Waals surface area contributed by atoms with Crippen molar-refractivity contribution in [1.29, 1.82) is 0 Å². The molecule has 0 unspecified atom stereocenters. The molecule has 21 heavy (non-hydrogen) atoms. The van der Waals surface area contributed by atoms with Crippen LogP contribution in [0.15, 0.2) is 29.2 Å². The molecule has 0 saturated carbocycles.